The average Bonchev–Trinajstić information content (AvgIpc) is 3.19. The number of rotatable bonds is 4. The number of nitrogens with one attached hydrogen (secondary N) is 1. The lowest BCUT2D eigenvalue weighted by molar-refractivity contribution is -0.123. The van der Waals surface area contributed by atoms with Crippen LogP contribution in [-0.4, -0.2) is 10.9 Å². The van der Waals surface area contributed by atoms with Crippen molar-refractivity contribution in [2.75, 3.05) is 0 Å². The second kappa shape index (κ2) is 5.32. The molecule has 2 atom stereocenters. The molecule has 0 radical (unpaired) electrons. The lowest BCUT2D eigenvalue weighted by Gasteiger charge is -2.08. The first-order chi connectivity index (χ1) is 9.31. The maximum Gasteiger partial charge on any atom is 0.223 e. The molecule has 2 fully saturated rings. The number of nitrogens with zero attached hydrogens (tertiary/aromatic N) is 1. The van der Waals surface area contributed by atoms with Crippen LogP contribution in [0.4, 0.5) is 0 Å². The fourth-order valence-corrected chi connectivity index (χ4v) is 3.63. The van der Waals surface area contributed by atoms with Gasteiger partial charge in [-0.1, -0.05) is 19.8 Å². The zero-order valence-electron chi connectivity index (χ0n) is 11.6. The van der Waals surface area contributed by atoms with Gasteiger partial charge in [0.1, 0.15) is 0 Å². The quantitative estimate of drug-likeness (QED) is 0.902. The molecule has 0 spiro atoms. The van der Waals surface area contributed by atoms with Gasteiger partial charge in [0.05, 0.1) is 0 Å². The predicted octanol–water partition coefficient (Wildman–Crippen LogP) is 2.70. The van der Waals surface area contributed by atoms with Crippen molar-refractivity contribution in [2.45, 2.75) is 45.6 Å². The van der Waals surface area contributed by atoms with Gasteiger partial charge in [-0.2, -0.15) is 0 Å². The Balaban J connectivity index is 1.56. The van der Waals surface area contributed by atoms with E-state index in [1.54, 1.807) is 6.20 Å². The number of fused-ring (bicyclic) bond motifs is 1. The number of pyridine rings is 1. The molecule has 2 aliphatic carbocycles. The number of carbonyl (C=O) groups is 1. The van der Waals surface area contributed by atoms with Crippen LogP contribution in [-0.2, 0) is 17.8 Å². The van der Waals surface area contributed by atoms with Crippen molar-refractivity contribution in [1.29, 1.82) is 0 Å². The Morgan fingerprint density at radius 1 is 1.32 bits per heavy atom. The molecule has 1 amide bonds. The smallest absolute Gasteiger partial charge is 0.223 e. The first kappa shape index (κ1) is 12.6. The van der Waals surface area contributed by atoms with E-state index in [4.69, 9.17) is 0 Å². The normalized spacial score (nSPS) is 28.6. The van der Waals surface area contributed by atoms with Crippen molar-refractivity contribution in [2.24, 2.45) is 17.8 Å². The first-order valence-corrected chi connectivity index (χ1v) is 7.50. The van der Waals surface area contributed by atoms with Crippen LogP contribution in [0.1, 0.15) is 43.7 Å². The van der Waals surface area contributed by atoms with Gasteiger partial charge >= 0.3 is 0 Å². The third-order valence-electron chi connectivity index (χ3n) is 4.80. The summed E-state index contributed by atoms with van der Waals surface area (Å²) in [7, 11) is 0. The molecule has 1 N–H and O–H groups in total. The molecule has 3 nitrogen and oxygen atoms in total. The zero-order valence-corrected chi connectivity index (χ0v) is 11.6. The summed E-state index contributed by atoms with van der Waals surface area (Å²) < 4.78 is 0. The molecular formula is C16H22N2O. The van der Waals surface area contributed by atoms with Gasteiger partial charge in [-0.3, -0.25) is 9.78 Å². The largest absolute Gasteiger partial charge is 0.352 e. The van der Waals surface area contributed by atoms with E-state index in [-0.39, 0.29) is 5.91 Å². The number of carbonyl (C=O) groups excluding carboxylic acids is 1. The maximum absolute atomic E-state index is 12.2. The molecule has 102 valence electrons. The highest BCUT2D eigenvalue weighted by Crippen LogP contribution is 2.55. The number of amides is 1. The topological polar surface area (TPSA) is 42.0 Å². The highest BCUT2D eigenvalue weighted by atomic mass is 16.2. The van der Waals surface area contributed by atoms with Crippen molar-refractivity contribution in [3.63, 3.8) is 0 Å². The van der Waals surface area contributed by atoms with Crippen molar-refractivity contribution >= 4 is 5.91 Å². The van der Waals surface area contributed by atoms with Gasteiger partial charge in [-0.05, 0) is 48.3 Å². The molecule has 1 aromatic rings. The Morgan fingerprint density at radius 2 is 2.05 bits per heavy atom. The predicted molar refractivity (Wildman–Crippen MR) is 74.4 cm³/mol. The third-order valence-corrected chi connectivity index (χ3v) is 4.80. The molecule has 0 bridgehead atoms. The summed E-state index contributed by atoms with van der Waals surface area (Å²) in [5, 5.41) is 3.13. The number of hydrogen-bond acceptors (Lipinski definition) is 2. The summed E-state index contributed by atoms with van der Waals surface area (Å²) in [6, 6.07) is 2.01. The lowest BCUT2D eigenvalue weighted by Crippen LogP contribution is -2.26. The Hall–Kier alpha value is -1.38. The highest BCUT2D eigenvalue weighted by molar-refractivity contribution is 5.82. The average molecular weight is 258 g/mol. The summed E-state index contributed by atoms with van der Waals surface area (Å²) in [6.07, 6.45) is 9.82. The van der Waals surface area contributed by atoms with Crippen molar-refractivity contribution in [1.82, 2.24) is 10.3 Å². The SMILES string of the molecule is CCc1cnccc1CNC(=O)C1[C@H]2CCCC[C@H]12. The minimum absolute atomic E-state index is 0.274. The van der Waals surface area contributed by atoms with E-state index < -0.39 is 0 Å². The molecule has 3 rings (SSSR count). The highest BCUT2D eigenvalue weighted by Gasteiger charge is 2.54. The van der Waals surface area contributed by atoms with Crippen molar-refractivity contribution in [3.8, 4) is 0 Å². The van der Waals surface area contributed by atoms with Gasteiger partial charge in [0, 0.05) is 24.9 Å². The van der Waals surface area contributed by atoms with Crippen LogP contribution in [0.25, 0.3) is 0 Å². The Bertz CT molecular complexity index is 460. The van der Waals surface area contributed by atoms with Crippen LogP contribution in [0.2, 0.25) is 0 Å². The molecule has 19 heavy (non-hydrogen) atoms. The van der Waals surface area contributed by atoms with Crippen LogP contribution in [0.3, 0.4) is 0 Å². The van der Waals surface area contributed by atoms with E-state index in [1.165, 1.54) is 36.8 Å². The summed E-state index contributed by atoms with van der Waals surface area (Å²) >= 11 is 0. The second-order valence-electron chi connectivity index (χ2n) is 5.85. The van der Waals surface area contributed by atoms with Gasteiger partial charge in [0.15, 0.2) is 0 Å². The van der Waals surface area contributed by atoms with Crippen LogP contribution in [0.15, 0.2) is 18.5 Å². The third kappa shape index (κ3) is 2.51. The Kier molecular flexibility index (Phi) is 3.54. The monoisotopic (exact) mass is 258 g/mol. The molecule has 0 aromatic carbocycles. The summed E-state index contributed by atoms with van der Waals surface area (Å²) in [4.78, 5) is 16.4. The molecule has 0 saturated heterocycles. The number of aryl methyl sites for hydroxylation is 1. The van der Waals surface area contributed by atoms with E-state index in [0.717, 1.165) is 6.42 Å². The summed E-state index contributed by atoms with van der Waals surface area (Å²) in [5.74, 6) is 1.97. The standard InChI is InChI=1S/C16H22N2O/c1-2-11-9-17-8-7-12(11)10-18-16(19)15-13-5-3-4-6-14(13)15/h7-9,13-15H,2-6,10H2,1H3,(H,18,19)/t13-,14-/m0/s1. The fourth-order valence-electron chi connectivity index (χ4n) is 3.63. The van der Waals surface area contributed by atoms with Gasteiger partial charge in [-0.25, -0.2) is 0 Å². The second-order valence-corrected chi connectivity index (χ2v) is 5.85. The fraction of sp³-hybridized carbons (Fsp3) is 0.625. The van der Waals surface area contributed by atoms with Crippen molar-refractivity contribution < 1.29 is 4.79 Å². The van der Waals surface area contributed by atoms with Crippen molar-refractivity contribution in [3.05, 3.63) is 29.6 Å². The van der Waals surface area contributed by atoms with Crippen LogP contribution in [0, 0.1) is 17.8 Å². The molecular weight excluding hydrogens is 236 g/mol. The van der Waals surface area contributed by atoms with E-state index in [9.17, 15) is 4.79 Å². The zero-order chi connectivity index (χ0) is 13.2. The first-order valence-electron chi connectivity index (χ1n) is 7.50. The molecule has 0 aliphatic heterocycles. The van der Waals surface area contributed by atoms with Crippen LogP contribution < -0.4 is 5.32 Å². The number of hydrogen-bond donors (Lipinski definition) is 1. The van der Waals surface area contributed by atoms with E-state index in [0.29, 0.717) is 24.3 Å². The van der Waals surface area contributed by atoms with Crippen LogP contribution >= 0.6 is 0 Å². The minimum atomic E-state index is 0.274. The lowest BCUT2D eigenvalue weighted by atomic mass is 10.0. The van der Waals surface area contributed by atoms with Gasteiger partial charge in [0.25, 0.3) is 0 Å². The van der Waals surface area contributed by atoms with E-state index in [1.807, 2.05) is 12.3 Å². The minimum Gasteiger partial charge on any atom is -0.352 e. The molecule has 0 unspecified atom stereocenters. The molecule has 3 heteroatoms. The van der Waals surface area contributed by atoms with Crippen LogP contribution in [0.5, 0.6) is 0 Å². The van der Waals surface area contributed by atoms with E-state index >= 15 is 0 Å². The van der Waals surface area contributed by atoms with E-state index in [2.05, 4.69) is 17.2 Å². The number of aromatic nitrogens is 1. The Labute approximate surface area is 114 Å². The van der Waals surface area contributed by atoms with Gasteiger partial charge in [0.2, 0.25) is 5.91 Å². The molecule has 2 aliphatic rings. The summed E-state index contributed by atoms with van der Waals surface area (Å²) in [5.41, 5.74) is 2.44. The molecule has 1 aromatic heterocycles. The molecule has 2 saturated carbocycles. The summed E-state index contributed by atoms with van der Waals surface area (Å²) in [6.45, 7) is 2.78. The van der Waals surface area contributed by atoms with Gasteiger partial charge in [-0.15, -0.1) is 0 Å². The maximum atomic E-state index is 12.2. The Morgan fingerprint density at radius 3 is 2.74 bits per heavy atom. The van der Waals surface area contributed by atoms with Gasteiger partial charge < -0.3 is 5.32 Å². The molecule has 1 heterocycles.